The number of rotatable bonds is 8. The van der Waals surface area contributed by atoms with Gasteiger partial charge >= 0.3 is 0 Å². The lowest BCUT2D eigenvalue weighted by molar-refractivity contribution is 0.891. The first-order chi connectivity index (χ1) is 25.9. The summed E-state index contributed by atoms with van der Waals surface area (Å²) >= 11 is 0. The van der Waals surface area contributed by atoms with Crippen molar-refractivity contribution < 1.29 is 0 Å². The zero-order chi connectivity index (χ0) is 37.1. The largest absolute Gasteiger partial charge is 0.354 e. The Morgan fingerprint density at radius 3 is 2.06 bits per heavy atom. The second-order valence-corrected chi connectivity index (χ2v) is 13.9. The van der Waals surface area contributed by atoms with E-state index in [0.29, 0.717) is 0 Å². The highest BCUT2D eigenvalue weighted by atomic mass is 15.0. The van der Waals surface area contributed by atoms with Gasteiger partial charge in [0, 0.05) is 44.6 Å². The lowest BCUT2D eigenvalue weighted by Gasteiger charge is -2.21. The summed E-state index contributed by atoms with van der Waals surface area (Å²) in [6.45, 7) is 20.5. The second-order valence-electron chi connectivity index (χ2n) is 13.9. The molecule has 7 aromatic rings. The van der Waals surface area contributed by atoms with Gasteiger partial charge in [0.05, 0.1) is 5.52 Å². The first-order valence-corrected chi connectivity index (χ1v) is 18.6. The number of hydrogen-bond acceptors (Lipinski definition) is 0. The van der Waals surface area contributed by atoms with Crippen molar-refractivity contribution in [1.82, 2.24) is 9.55 Å². The smallest absolute Gasteiger partial charge is 0.0500 e. The molecule has 0 radical (unpaired) electrons. The fraction of sp³-hybridized carbons (Fsp3) is 0.137. The van der Waals surface area contributed by atoms with E-state index in [9.17, 15) is 0 Å². The van der Waals surface area contributed by atoms with Gasteiger partial charge in [-0.15, -0.1) is 0 Å². The van der Waals surface area contributed by atoms with Gasteiger partial charge < -0.3 is 9.55 Å². The van der Waals surface area contributed by atoms with Crippen LogP contribution in [0.3, 0.4) is 0 Å². The van der Waals surface area contributed by atoms with Crippen molar-refractivity contribution in [2.45, 2.75) is 47.1 Å². The minimum absolute atomic E-state index is 0.799. The number of hydrogen-bond donors (Lipinski definition) is 1. The summed E-state index contributed by atoms with van der Waals surface area (Å²) in [7, 11) is 0. The third-order valence-electron chi connectivity index (χ3n) is 10.6. The molecule has 1 aliphatic rings. The van der Waals surface area contributed by atoms with Crippen LogP contribution in [0.4, 0.5) is 0 Å². The highest BCUT2D eigenvalue weighted by Crippen LogP contribution is 2.43. The molecule has 0 aliphatic heterocycles. The maximum atomic E-state index is 3.99. The maximum absolute atomic E-state index is 3.99. The van der Waals surface area contributed by atoms with Crippen LogP contribution >= 0.6 is 0 Å². The van der Waals surface area contributed by atoms with E-state index in [1.54, 1.807) is 0 Å². The number of aromatic nitrogens is 2. The molecule has 5 aromatic carbocycles. The number of aromatic amines is 1. The number of nitrogens with one attached hydrogen (secondary N) is 1. The Hall–Kier alpha value is -6.12. The van der Waals surface area contributed by atoms with Gasteiger partial charge in [-0.1, -0.05) is 122 Å². The number of allylic oxidation sites excluding steroid dienone is 11. The van der Waals surface area contributed by atoms with E-state index in [2.05, 4.69) is 158 Å². The average Bonchev–Trinajstić information content (AvgIpc) is 3.71. The molecule has 0 fully saturated rings. The van der Waals surface area contributed by atoms with Crippen LogP contribution in [-0.4, -0.2) is 9.55 Å². The van der Waals surface area contributed by atoms with Crippen molar-refractivity contribution in [3.8, 4) is 22.3 Å². The molecule has 0 saturated carbocycles. The van der Waals surface area contributed by atoms with Crippen molar-refractivity contribution >= 4 is 49.2 Å². The van der Waals surface area contributed by atoms with E-state index in [4.69, 9.17) is 0 Å². The SMILES string of the molecule is C=C/C(C)=C\C.C=C/C=C(\C=C/C)c1ccc2[nH]c3cc4c(cc3c2c1)CCc1cc2c3cc(-c5ccccc5)ccc3n(C/C=C(/C)C=C)c2cc1-4. The summed E-state index contributed by atoms with van der Waals surface area (Å²) in [5, 5.41) is 5.19. The van der Waals surface area contributed by atoms with Crippen molar-refractivity contribution in [1.29, 1.82) is 0 Å². The summed E-state index contributed by atoms with van der Waals surface area (Å²) in [4.78, 5) is 3.74. The lowest BCUT2D eigenvalue weighted by atomic mass is 9.84. The standard InChI is InChI=1S/C45H38N2.C6H10/c1-5-11-30(12-6-2)32-17-19-42-38(23-32)39-25-34-15-16-35-26-41-40-24-33(31-13-9-8-10-14-31)18-20-44(40)47(22-21-29(4)7-3)45(41)28-37(35)36(34)27-43(39)46-42;1-4-6(3)5-2/h5-14,17-21,23-28,46H,1,3,15-16,22H2,2,4H3;4-5H,1H2,2-3H3/b12-6-,29-21-,30-11+;6-5-. The van der Waals surface area contributed by atoms with Gasteiger partial charge in [-0.25, -0.2) is 0 Å². The van der Waals surface area contributed by atoms with E-state index in [-0.39, 0.29) is 0 Å². The van der Waals surface area contributed by atoms with Gasteiger partial charge in [0.2, 0.25) is 0 Å². The van der Waals surface area contributed by atoms with Crippen LogP contribution in [0.15, 0.2) is 170 Å². The molecule has 262 valence electrons. The molecule has 0 saturated heterocycles. The summed E-state index contributed by atoms with van der Waals surface area (Å²) < 4.78 is 2.48. The quantitative estimate of drug-likeness (QED) is 0.153. The van der Waals surface area contributed by atoms with Crippen LogP contribution in [0.2, 0.25) is 0 Å². The average molecular weight is 689 g/mol. The number of benzene rings is 5. The Morgan fingerprint density at radius 1 is 0.679 bits per heavy atom. The molecule has 1 N–H and O–H groups in total. The number of nitrogens with zero attached hydrogens (tertiary/aromatic N) is 1. The Bertz CT molecular complexity index is 2660. The molecule has 0 unspecified atom stereocenters. The minimum Gasteiger partial charge on any atom is -0.354 e. The summed E-state index contributed by atoms with van der Waals surface area (Å²) in [6.07, 6.45) is 18.3. The molecule has 0 amide bonds. The highest BCUT2D eigenvalue weighted by molar-refractivity contribution is 6.13. The van der Waals surface area contributed by atoms with Crippen LogP contribution < -0.4 is 0 Å². The first-order valence-electron chi connectivity index (χ1n) is 18.6. The maximum Gasteiger partial charge on any atom is 0.0500 e. The van der Waals surface area contributed by atoms with Gasteiger partial charge in [-0.2, -0.15) is 0 Å². The van der Waals surface area contributed by atoms with Crippen LogP contribution in [0.5, 0.6) is 0 Å². The van der Waals surface area contributed by atoms with E-state index in [0.717, 1.165) is 19.4 Å². The Balaban J connectivity index is 0.000000672. The van der Waals surface area contributed by atoms with E-state index in [1.807, 2.05) is 38.2 Å². The molecule has 1 aliphatic carbocycles. The molecule has 2 heteroatoms. The number of aryl methyl sites for hydroxylation is 2. The van der Waals surface area contributed by atoms with E-state index < -0.39 is 0 Å². The number of fused-ring (bicyclic) bond motifs is 9. The van der Waals surface area contributed by atoms with Crippen molar-refractivity contribution in [2.75, 3.05) is 0 Å². The van der Waals surface area contributed by atoms with Crippen LogP contribution in [0.25, 0.3) is 71.4 Å². The number of H-pyrrole nitrogens is 1. The first kappa shape index (κ1) is 35.3. The third-order valence-corrected chi connectivity index (χ3v) is 10.6. The van der Waals surface area contributed by atoms with Crippen LogP contribution in [0, 0.1) is 0 Å². The molecule has 2 aromatic heterocycles. The molecule has 0 bridgehead atoms. The topological polar surface area (TPSA) is 20.7 Å². The van der Waals surface area contributed by atoms with Gasteiger partial charge in [-0.3, -0.25) is 0 Å². The zero-order valence-electron chi connectivity index (χ0n) is 31.5. The highest BCUT2D eigenvalue weighted by Gasteiger charge is 2.22. The fourth-order valence-electron chi connectivity index (χ4n) is 7.54. The predicted molar refractivity (Wildman–Crippen MR) is 234 cm³/mol. The molecule has 2 heterocycles. The molecule has 2 nitrogen and oxygen atoms in total. The molecular weight excluding hydrogens is 641 g/mol. The summed E-state index contributed by atoms with van der Waals surface area (Å²) in [5.41, 5.74) is 17.7. The fourth-order valence-corrected chi connectivity index (χ4v) is 7.54. The monoisotopic (exact) mass is 688 g/mol. The minimum atomic E-state index is 0.799. The van der Waals surface area contributed by atoms with Gasteiger partial charge in [-0.05, 0) is 134 Å². The van der Waals surface area contributed by atoms with Crippen molar-refractivity contribution in [3.05, 3.63) is 187 Å². The Labute approximate surface area is 314 Å². The van der Waals surface area contributed by atoms with Gasteiger partial charge in [0.15, 0.2) is 0 Å². The third kappa shape index (κ3) is 6.81. The van der Waals surface area contributed by atoms with E-state index in [1.165, 1.54) is 99.3 Å². The van der Waals surface area contributed by atoms with Crippen LogP contribution in [-0.2, 0) is 19.4 Å². The van der Waals surface area contributed by atoms with Gasteiger partial charge in [0.1, 0.15) is 0 Å². The summed E-state index contributed by atoms with van der Waals surface area (Å²) in [5.74, 6) is 0. The lowest BCUT2D eigenvalue weighted by Crippen LogP contribution is -2.04. The van der Waals surface area contributed by atoms with Gasteiger partial charge in [0.25, 0.3) is 0 Å². The van der Waals surface area contributed by atoms with Crippen LogP contribution in [0.1, 0.15) is 44.4 Å². The summed E-state index contributed by atoms with van der Waals surface area (Å²) in [6, 6.07) is 34.1. The van der Waals surface area contributed by atoms with E-state index >= 15 is 0 Å². The molecule has 53 heavy (non-hydrogen) atoms. The second kappa shape index (κ2) is 15.2. The predicted octanol–water partition coefficient (Wildman–Crippen LogP) is 14.3. The Kier molecular flexibility index (Phi) is 10.1. The molecule has 0 spiro atoms. The zero-order valence-corrected chi connectivity index (χ0v) is 31.5. The Morgan fingerprint density at radius 2 is 1.38 bits per heavy atom. The molecular formula is C51H48N2. The molecule has 0 atom stereocenters. The molecule has 8 rings (SSSR count). The van der Waals surface area contributed by atoms with Crippen molar-refractivity contribution in [2.24, 2.45) is 0 Å². The van der Waals surface area contributed by atoms with Crippen molar-refractivity contribution in [3.63, 3.8) is 0 Å². The normalized spacial score (nSPS) is 13.3.